The maximum atomic E-state index is 12.7. The SMILES string of the molecule is O=C1c2ccccc2C(=O)N1c1cccc(-c2nc(-c3cccnc3)cs2)c1. The highest BCUT2D eigenvalue weighted by molar-refractivity contribution is 7.13. The summed E-state index contributed by atoms with van der Waals surface area (Å²) >= 11 is 1.51. The smallest absolute Gasteiger partial charge is 0.266 e. The van der Waals surface area contributed by atoms with Crippen molar-refractivity contribution in [2.75, 3.05) is 4.90 Å². The van der Waals surface area contributed by atoms with Crippen LogP contribution in [0, 0.1) is 0 Å². The van der Waals surface area contributed by atoms with Crippen molar-refractivity contribution in [1.82, 2.24) is 9.97 Å². The maximum Gasteiger partial charge on any atom is 0.266 e. The summed E-state index contributed by atoms with van der Waals surface area (Å²) in [4.78, 5) is 35.5. The lowest BCUT2D eigenvalue weighted by molar-refractivity contribution is 0.0926. The van der Waals surface area contributed by atoms with E-state index < -0.39 is 0 Å². The summed E-state index contributed by atoms with van der Waals surface area (Å²) in [6.07, 6.45) is 3.50. The van der Waals surface area contributed by atoms with Gasteiger partial charge in [0.15, 0.2) is 0 Å². The fraction of sp³-hybridized carbons (Fsp3) is 0. The number of carbonyl (C=O) groups is 2. The van der Waals surface area contributed by atoms with Crippen LogP contribution in [0.3, 0.4) is 0 Å². The number of hydrogen-bond donors (Lipinski definition) is 0. The molecule has 5 nitrogen and oxygen atoms in total. The Kier molecular flexibility index (Phi) is 3.84. The van der Waals surface area contributed by atoms with Gasteiger partial charge < -0.3 is 0 Å². The van der Waals surface area contributed by atoms with Crippen molar-refractivity contribution < 1.29 is 9.59 Å². The first kappa shape index (κ1) is 16.5. The summed E-state index contributed by atoms with van der Waals surface area (Å²) < 4.78 is 0. The minimum absolute atomic E-state index is 0.298. The first-order valence-electron chi connectivity index (χ1n) is 8.66. The molecule has 0 atom stereocenters. The van der Waals surface area contributed by atoms with Crippen LogP contribution in [0.4, 0.5) is 5.69 Å². The second-order valence-electron chi connectivity index (χ2n) is 6.32. The molecule has 28 heavy (non-hydrogen) atoms. The van der Waals surface area contributed by atoms with Crippen molar-refractivity contribution in [2.24, 2.45) is 0 Å². The number of pyridine rings is 1. The molecular formula is C22H13N3O2S. The molecule has 0 bridgehead atoms. The van der Waals surface area contributed by atoms with Gasteiger partial charge in [0.2, 0.25) is 0 Å². The van der Waals surface area contributed by atoms with Crippen LogP contribution in [0.1, 0.15) is 20.7 Å². The van der Waals surface area contributed by atoms with Crippen molar-refractivity contribution in [3.8, 4) is 21.8 Å². The van der Waals surface area contributed by atoms with Crippen molar-refractivity contribution in [3.63, 3.8) is 0 Å². The molecule has 2 aromatic heterocycles. The third kappa shape index (κ3) is 2.62. The quantitative estimate of drug-likeness (QED) is 0.482. The zero-order chi connectivity index (χ0) is 19.1. The molecule has 1 aliphatic rings. The van der Waals surface area contributed by atoms with Gasteiger partial charge in [0.05, 0.1) is 22.5 Å². The minimum Gasteiger partial charge on any atom is -0.268 e. The van der Waals surface area contributed by atoms with Crippen molar-refractivity contribution >= 4 is 28.8 Å². The Balaban J connectivity index is 1.51. The lowest BCUT2D eigenvalue weighted by Gasteiger charge is -2.14. The van der Waals surface area contributed by atoms with E-state index >= 15 is 0 Å². The Bertz CT molecular complexity index is 1180. The first-order chi connectivity index (χ1) is 13.7. The molecule has 0 saturated heterocycles. The number of hydrogen-bond acceptors (Lipinski definition) is 5. The molecule has 0 saturated carbocycles. The maximum absolute atomic E-state index is 12.7. The van der Waals surface area contributed by atoms with Crippen molar-refractivity contribution in [2.45, 2.75) is 0 Å². The summed E-state index contributed by atoms with van der Waals surface area (Å²) in [6.45, 7) is 0. The van der Waals surface area contributed by atoms with Gasteiger partial charge >= 0.3 is 0 Å². The number of imide groups is 1. The highest BCUT2D eigenvalue weighted by atomic mass is 32.1. The molecule has 3 heterocycles. The second kappa shape index (κ2) is 6.51. The number of thiazole rings is 1. The van der Waals surface area contributed by atoms with E-state index in [1.54, 1.807) is 42.7 Å². The van der Waals surface area contributed by atoms with E-state index in [2.05, 4.69) is 9.97 Å². The van der Waals surface area contributed by atoms with E-state index in [1.807, 2.05) is 35.7 Å². The van der Waals surface area contributed by atoms with Gasteiger partial charge in [-0.05, 0) is 36.4 Å². The van der Waals surface area contributed by atoms with Crippen LogP contribution in [0.25, 0.3) is 21.8 Å². The van der Waals surface area contributed by atoms with Crippen LogP contribution in [0.5, 0.6) is 0 Å². The van der Waals surface area contributed by atoms with E-state index in [9.17, 15) is 9.59 Å². The van der Waals surface area contributed by atoms with Gasteiger partial charge in [0.1, 0.15) is 5.01 Å². The number of rotatable bonds is 3. The zero-order valence-electron chi connectivity index (χ0n) is 14.6. The first-order valence-corrected chi connectivity index (χ1v) is 9.54. The molecule has 4 aromatic rings. The summed E-state index contributed by atoms with van der Waals surface area (Å²) in [5.41, 5.74) is 4.06. The van der Waals surface area contributed by atoms with Crippen molar-refractivity contribution in [3.05, 3.63) is 89.6 Å². The number of nitrogens with zero attached hydrogens (tertiary/aromatic N) is 3. The van der Waals surface area contributed by atoms with Crippen LogP contribution < -0.4 is 4.90 Å². The number of aromatic nitrogens is 2. The number of benzene rings is 2. The molecule has 5 rings (SSSR count). The standard InChI is InChI=1S/C22H13N3O2S/c26-21-17-8-1-2-9-18(17)22(27)25(21)16-7-3-5-14(11-16)20-24-19(13-28-20)15-6-4-10-23-12-15/h1-13H. The third-order valence-corrected chi connectivity index (χ3v) is 5.50. The van der Waals surface area contributed by atoms with Gasteiger partial charge in [-0.3, -0.25) is 14.6 Å². The number of fused-ring (bicyclic) bond motifs is 1. The number of carbonyl (C=O) groups excluding carboxylic acids is 2. The van der Waals surface area contributed by atoms with Gasteiger partial charge in [0.25, 0.3) is 11.8 Å². The van der Waals surface area contributed by atoms with Crippen molar-refractivity contribution in [1.29, 1.82) is 0 Å². The molecular weight excluding hydrogens is 370 g/mol. The van der Waals surface area contributed by atoms with Crippen LogP contribution in [-0.2, 0) is 0 Å². The Hall–Kier alpha value is -3.64. The molecule has 0 N–H and O–H groups in total. The average Bonchev–Trinajstić information content (AvgIpc) is 3.33. The molecule has 0 aliphatic carbocycles. The molecule has 0 spiro atoms. The average molecular weight is 383 g/mol. The molecule has 0 unspecified atom stereocenters. The van der Waals surface area contributed by atoms with E-state index in [4.69, 9.17) is 0 Å². The largest absolute Gasteiger partial charge is 0.268 e. The number of amides is 2. The lowest BCUT2D eigenvalue weighted by atomic mass is 10.1. The monoisotopic (exact) mass is 383 g/mol. The molecule has 134 valence electrons. The van der Waals surface area contributed by atoms with Gasteiger partial charge in [-0.2, -0.15) is 0 Å². The van der Waals surface area contributed by atoms with Crippen LogP contribution in [0.15, 0.2) is 78.4 Å². The highest BCUT2D eigenvalue weighted by Crippen LogP contribution is 2.33. The zero-order valence-corrected chi connectivity index (χ0v) is 15.4. The Morgan fingerprint density at radius 2 is 1.57 bits per heavy atom. The van der Waals surface area contributed by atoms with Crippen LogP contribution in [-0.4, -0.2) is 21.8 Å². The molecule has 6 heteroatoms. The summed E-state index contributed by atoms with van der Waals surface area (Å²) in [5, 5.41) is 2.79. The number of anilines is 1. The van der Waals surface area contributed by atoms with E-state index in [0.717, 1.165) is 21.8 Å². The molecule has 1 aliphatic heterocycles. The highest BCUT2D eigenvalue weighted by Gasteiger charge is 2.36. The fourth-order valence-corrected chi connectivity index (χ4v) is 4.08. The van der Waals surface area contributed by atoms with Gasteiger partial charge in [-0.1, -0.05) is 24.3 Å². The lowest BCUT2D eigenvalue weighted by Crippen LogP contribution is -2.29. The predicted molar refractivity (Wildman–Crippen MR) is 108 cm³/mol. The minimum atomic E-state index is -0.298. The summed E-state index contributed by atoms with van der Waals surface area (Å²) in [6, 6.07) is 18.1. The Morgan fingerprint density at radius 3 is 2.29 bits per heavy atom. The van der Waals surface area contributed by atoms with Crippen LogP contribution in [0.2, 0.25) is 0 Å². The molecule has 2 aromatic carbocycles. The van der Waals surface area contributed by atoms with Crippen LogP contribution >= 0.6 is 11.3 Å². The third-order valence-electron chi connectivity index (χ3n) is 4.61. The topological polar surface area (TPSA) is 63.2 Å². The van der Waals surface area contributed by atoms with Gasteiger partial charge in [-0.15, -0.1) is 11.3 Å². The van der Waals surface area contributed by atoms with E-state index in [1.165, 1.54) is 16.2 Å². The summed E-state index contributed by atoms with van der Waals surface area (Å²) in [7, 11) is 0. The molecule has 2 amide bonds. The second-order valence-corrected chi connectivity index (χ2v) is 7.18. The Morgan fingerprint density at radius 1 is 0.821 bits per heavy atom. The van der Waals surface area contributed by atoms with Gasteiger partial charge in [-0.25, -0.2) is 9.88 Å². The van der Waals surface area contributed by atoms with E-state index in [0.29, 0.717) is 16.8 Å². The molecule has 0 radical (unpaired) electrons. The van der Waals surface area contributed by atoms with Gasteiger partial charge in [0, 0.05) is 28.9 Å². The predicted octanol–water partition coefficient (Wildman–Crippen LogP) is 4.67. The fourth-order valence-electron chi connectivity index (χ4n) is 3.25. The van der Waals surface area contributed by atoms with E-state index in [-0.39, 0.29) is 11.8 Å². The molecule has 0 fully saturated rings. The Labute approximate surface area is 164 Å². The summed E-state index contributed by atoms with van der Waals surface area (Å²) in [5.74, 6) is -0.596. The normalized spacial score (nSPS) is 13.1.